The van der Waals surface area contributed by atoms with Crippen molar-refractivity contribution in [1.82, 2.24) is 4.90 Å². The smallest absolute Gasteiger partial charge is 0.0540 e. The third-order valence-corrected chi connectivity index (χ3v) is 2.59. The van der Waals surface area contributed by atoms with E-state index in [0.717, 1.165) is 6.61 Å². The number of nitrogens with zero attached hydrogens (tertiary/aromatic N) is 1. The predicted molar refractivity (Wildman–Crippen MR) is 51.3 cm³/mol. The molecule has 1 saturated heterocycles. The van der Waals surface area contributed by atoms with Crippen LogP contribution < -0.4 is 0 Å². The van der Waals surface area contributed by atoms with Crippen molar-refractivity contribution < 1.29 is 4.74 Å². The van der Waals surface area contributed by atoms with Gasteiger partial charge in [-0.1, -0.05) is 6.92 Å². The number of methoxy groups -OCH3 is 1. The molecule has 2 heteroatoms. The molecule has 0 aliphatic carbocycles. The minimum absolute atomic E-state index is 0.327. The third kappa shape index (κ3) is 1.99. The molecule has 0 radical (unpaired) electrons. The zero-order chi connectivity index (χ0) is 9.41. The van der Waals surface area contributed by atoms with Gasteiger partial charge in [-0.2, -0.15) is 0 Å². The lowest BCUT2D eigenvalue weighted by Gasteiger charge is -2.54. The van der Waals surface area contributed by atoms with Crippen molar-refractivity contribution in [3.05, 3.63) is 0 Å². The molecular formula is C10H21NO. The summed E-state index contributed by atoms with van der Waals surface area (Å²) in [5.74, 6) is 0. The first-order valence-corrected chi connectivity index (χ1v) is 4.61. The minimum atomic E-state index is 0.327. The van der Waals surface area contributed by atoms with Gasteiger partial charge in [0.25, 0.3) is 0 Å². The molecule has 0 aromatic rings. The molecule has 0 aromatic carbocycles. The molecule has 0 N–H and O–H groups in total. The summed E-state index contributed by atoms with van der Waals surface area (Å²) >= 11 is 0. The van der Waals surface area contributed by atoms with E-state index >= 15 is 0 Å². The second-order valence-electron chi connectivity index (χ2n) is 5.27. The molecule has 0 saturated carbocycles. The summed E-state index contributed by atoms with van der Waals surface area (Å²) in [5.41, 5.74) is 0.731. The molecule has 0 atom stereocenters. The lowest BCUT2D eigenvalue weighted by atomic mass is 9.79. The van der Waals surface area contributed by atoms with Crippen molar-refractivity contribution in [3.63, 3.8) is 0 Å². The molecule has 1 aliphatic heterocycles. The second kappa shape index (κ2) is 3.00. The van der Waals surface area contributed by atoms with E-state index in [2.05, 4.69) is 32.6 Å². The number of likely N-dealkylation sites (tertiary alicyclic amines) is 1. The Kier molecular flexibility index (Phi) is 2.50. The van der Waals surface area contributed by atoms with Crippen LogP contribution in [-0.4, -0.2) is 37.2 Å². The van der Waals surface area contributed by atoms with Gasteiger partial charge in [-0.05, 0) is 20.8 Å². The largest absolute Gasteiger partial charge is 0.384 e. The summed E-state index contributed by atoms with van der Waals surface area (Å²) in [6.45, 7) is 12.3. The Labute approximate surface area is 75.9 Å². The standard InChI is InChI=1S/C10H21NO/c1-9(2,3)11-6-10(4,7-11)8-12-5/h6-8H2,1-5H3. The normalized spacial score (nSPS) is 23.8. The van der Waals surface area contributed by atoms with Crippen LogP contribution >= 0.6 is 0 Å². The fourth-order valence-electron chi connectivity index (χ4n) is 1.79. The highest BCUT2D eigenvalue weighted by atomic mass is 16.5. The lowest BCUT2D eigenvalue weighted by Crippen LogP contribution is -2.62. The van der Waals surface area contributed by atoms with Gasteiger partial charge in [0.05, 0.1) is 6.61 Å². The van der Waals surface area contributed by atoms with Crippen LogP contribution in [0.3, 0.4) is 0 Å². The van der Waals surface area contributed by atoms with Crippen LogP contribution in [0.5, 0.6) is 0 Å². The fourth-order valence-corrected chi connectivity index (χ4v) is 1.79. The summed E-state index contributed by atoms with van der Waals surface area (Å²) in [5, 5.41) is 0. The Bertz CT molecular complexity index is 154. The molecule has 1 rings (SSSR count). The highest BCUT2D eigenvalue weighted by Crippen LogP contribution is 2.34. The van der Waals surface area contributed by atoms with Crippen LogP contribution in [0.15, 0.2) is 0 Å². The van der Waals surface area contributed by atoms with E-state index in [9.17, 15) is 0 Å². The van der Waals surface area contributed by atoms with E-state index in [-0.39, 0.29) is 0 Å². The summed E-state index contributed by atoms with van der Waals surface area (Å²) in [6.07, 6.45) is 0. The van der Waals surface area contributed by atoms with E-state index in [4.69, 9.17) is 4.74 Å². The molecule has 0 amide bonds. The van der Waals surface area contributed by atoms with Gasteiger partial charge in [0.1, 0.15) is 0 Å². The Morgan fingerprint density at radius 2 is 1.83 bits per heavy atom. The number of hydrogen-bond acceptors (Lipinski definition) is 2. The van der Waals surface area contributed by atoms with Crippen LogP contribution in [0.1, 0.15) is 27.7 Å². The van der Waals surface area contributed by atoms with E-state index in [1.165, 1.54) is 13.1 Å². The first kappa shape index (κ1) is 10.0. The van der Waals surface area contributed by atoms with Crippen LogP contribution in [0.4, 0.5) is 0 Å². The second-order valence-corrected chi connectivity index (χ2v) is 5.27. The van der Waals surface area contributed by atoms with Gasteiger partial charge in [0, 0.05) is 31.2 Å². The molecule has 1 aliphatic rings. The van der Waals surface area contributed by atoms with E-state index < -0.39 is 0 Å². The molecule has 0 unspecified atom stereocenters. The van der Waals surface area contributed by atoms with Gasteiger partial charge in [-0.3, -0.25) is 4.90 Å². The van der Waals surface area contributed by atoms with Crippen LogP contribution in [0.25, 0.3) is 0 Å². The number of rotatable bonds is 2. The van der Waals surface area contributed by atoms with Gasteiger partial charge < -0.3 is 4.74 Å². The third-order valence-electron chi connectivity index (χ3n) is 2.59. The zero-order valence-electron chi connectivity index (χ0n) is 8.98. The van der Waals surface area contributed by atoms with Crippen LogP contribution in [0.2, 0.25) is 0 Å². The molecule has 1 heterocycles. The quantitative estimate of drug-likeness (QED) is 0.627. The van der Waals surface area contributed by atoms with Gasteiger partial charge in [-0.25, -0.2) is 0 Å². The highest BCUT2D eigenvalue weighted by Gasteiger charge is 2.43. The summed E-state index contributed by atoms with van der Waals surface area (Å²) < 4.78 is 5.18. The number of hydrogen-bond donors (Lipinski definition) is 0. The average molecular weight is 171 g/mol. The number of ether oxygens (including phenoxy) is 1. The van der Waals surface area contributed by atoms with Crippen molar-refractivity contribution in [2.24, 2.45) is 5.41 Å². The molecule has 12 heavy (non-hydrogen) atoms. The first-order chi connectivity index (χ1) is 5.37. The summed E-state index contributed by atoms with van der Waals surface area (Å²) in [6, 6.07) is 0. The van der Waals surface area contributed by atoms with Gasteiger partial charge in [0.2, 0.25) is 0 Å². The molecule has 0 aromatic heterocycles. The maximum absolute atomic E-state index is 5.18. The molecule has 0 spiro atoms. The summed E-state index contributed by atoms with van der Waals surface area (Å²) in [7, 11) is 1.78. The molecule has 1 fully saturated rings. The zero-order valence-corrected chi connectivity index (χ0v) is 8.98. The van der Waals surface area contributed by atoms with Crippen molar-refractivity contribution in [2.75, 3.05) is 26.8 Å². The average Bonchev–Trinajstić information content (AvgIpc) is 1.81. The van der Waals surface area contributed by atoms with Crippen molar-refractivity contribution >= 4 is 0 Å². The summed E-state index contributed by atoms with van der Waals surface area (Å²) in [4.78, 5) is 2.49. The van der Waals surface area contributed by atoms with Crippen LogP contribution in [0, 0.1) is 5.41 Å². The Balaban J connectivity index is 2.36. The highest BCUT2D eigenvalue weighted by molar-refractivity contribution is 4.96. The van der Waals surface area contributed by atoms with Gasteiger partial charge in [-0.15, -0.1) is 0 Å². The Morgan fingerprint density at radius 3 is 2.17 bits per heavy atom. The van der Waals surface area contributed by atoms with E-state index in [1.807, 2.05) is 0 Å². The van der Waals surface area contributed by atoms with Gasteiger partial charge in [0.15, 0.2) is 0 Å². The monoisotopic (exact) mass is 171 g/mol. The molecule has 2 nitrogen and oxygen atoms in total. The van der Waals surface area contributed by atoms with E-state index in [1.54, 1.807) is 7.11 Å². The van der Waals surface area contributed by atoms with Crippen molar-refractivity contribution in [1.29, 1.82) is 0 Å². The fraction of sp³-hybridized carbons (Fsp3) is 1.00. The maximum Gasteiger partial charge on any atom is 0.0540 e. The van der Waals surface area contributed by atoms with Crippen molar-refractivity contribution in [3.8, 4) is 0 Å². The molecular weight excluding hydrogens is 150 g/mol. The lowest BCUT2D eigenvalue weighted by molar-refractivity contribution is -0.0834. The molecule has 0 bridgehead atoms. The molecule has 72 valence electrons. The SMILES string of the molecule is COCC1(C)CN(C(C)(C)C)C1. The van der Waals surface area contributed by atoms with Crippen molar-refractivity contribution in [2.45, 2.75) is 33.2 Å². The van der Waals surface area contributed by atoms with Crippen LogP contribution in [-0.2, 0) is 4.74 Å². The maximum atomic E-state index is 5.18. The topological polar surface area (TPSA) is 12.5 Å². The first-order valence-electron chi connectivity index (χ1n) is 4.61. The van der Waals surface area contributed by atoms with E-state index in [0.29, 0.717) is 11.0 Å². The Hall–Kier alpha value is -0.0800. The van der Waals surface area contributed by atoms with Gasteiger partial charge >= 0.3 is 0 Å². The Morgan fingerprint density at radius 1 is 1.33 bits per heavy atom. The predicted octanol–water partition coefficient (Wildman–Crippen LogP) is 1.75. The minimum Gasteiger partial charge on any atom is -0.384 e.